The molecule has 0 radical (unpaired) electrons. The summed E-state index contributed by atoms with van der Waals surface area (Å²) < 4.78 is 1.87. The average molecular weight is 244 g/mol. The Bertz CT molecular complexity index is 535. The zero-order chi connectivity index (χ0) is 13.0. The van der Waals surface area contributed by atoms with Crippen LogP contribution in [0.5, 0.6) is 5.75 Å². The minimum atomic E-state index is -0.419. The van der Waals surface area contributed by atoms with Crippen LogP contribution in [0.1, 0.15) is 5.56 Å². The molecule has 0 unspecified atom stereocenters. The van der Waals surface area contributed by atoms with Gasteiger partial charge in [0.15, 0.2) is 18.9 Å². The van der Waals surface area contributed by atoms with E-state index in [1.165, 1.54) is 24.3 Å². The van der Waals surface area contributed by atoms with E-state index in [4.69, 9.17) is 0 Å². The Morgan fingerprint density at radius 2 is 1.67 bits per heavy atom. The number of hydrogen-bond donors (Lipinski definition) is 0. The molecule has 0 amide bonds. The van der Waals surface area contributed by atoms with Crippen LogP contribution < -0.4 is 9.67 Å². The topological polar surface area (TPSA) is 70.1 Å². The standard InChI is InChI=1S/C13H12N2O3/c16-13-3-1-11(2-4-13)5-8-14-9-6-12(7-10-14)15(17)18/h1-4,6-7,9-10H,5,8H2. The molecule has 92 valence electrons. The first-order valence-corrected chi connectivity index (χ1v) is 5.54. The van der Waals surface area contributed by atoms with Gasteiger partial charge in [-0.15, -0.1) is 5.75 Å². The second-order valence-corrected chi connectivity index (χ2v) is 3.95. The van der Waals surface area contributed by atoms with Crippen molar-refractivity contribution in [3.05, 3.63) is 64.5 Å². The molecule has 0 N–H and O–H groups in total. The largest absolute Gasteiger partial charge is 0.872 e. The third-order valence-electron chi connectivity index (χ3n) is 2.67. The van der Waals surface area contributed by atoms with Crippen LogP contribution in [0.4, 0.5) is 5.69 Å². The van der Waals surface area contributed by atoms with Gasteiger partial charge in [-0.05, 0) is 5.56 Å². The Morgan fingerprint density at radius 3 is 2.22 bits per heavy atom. The summed E-state index contributed by atoms with van der Waals surface area (Å²) in [6.07, 6.45) is 4.14. The molecule has 0 aliphatic rings. The Balaban J connectivity index is 1.97. The van der Waals surface area contributed by atoms with Crippen LogP contribution >= 0.6 is 0 Å². The average Bonchev–Trinajstić information content (AvgIpc) is 2.38. The van der Waals surface area contributed by atoms with Gasteiger partial charge >= 0.3 is 0 Å². The van der Waals surface area contributed by atoms with Gasteiger partial charge in [0.25, 0.3) is 5.69 Å². The summed E-state index contributed by atoms with van der Waals surface area (Å²) >= 11 is 0. The van der Waals surface area contributed by atoms with E-state index in [1.807, 2.05) is 4.57 Å². The molecule has 0 saturated carbocycles. The summed E-state index contributed by atoms with van der Waals surface area (Å²) in [5.41, 5.74) is 1.16. The van der Waals surface area contributed by atoms with Crippen LogP contribution in [0.2, 0.25) is 0 Å². The highest BCUT2D eigenvalue weighted by Crippen LogP contribution is 2.08. The van der Waals surface area contributed by atoms with Crippen LogP contribution in [-0.4, -0.2) is 4.92 Å². The van der Waals surface area contributed by atoms with Gasteiger partial charge in [-0.2, -0.15) is 0 Å². The van der Waals surface area contributed by atoms with Crippen LogP contribution in [-0.2, 0) is 13.0 Å². The molecule has 5 nitrogen and oxygen atoms in total. The van der Waals surface area contributed by atoms with Crippen molar-refractivity contribution >= 4 is 5.69 Å². The first-order valence-electron chi connectivity index (χ1n) is 5.54. The summed E-state index contributed by atoms with van der Waals surface area (Å²) in [5, 5.41) is 21.4. The highest BCUT2D eigenvalue weighted by atomic mass is 16.6. The molecule has 1 aromatic carbocycles. The Labute approximate surface area is 104 Å². The number of rotatable bonds is 4. The zero-order valence-corrected chi connectivity index (χ0v) is 9.65. The maximum atomic E-state index is 10.9. The maximum Gasteiger partial charge on any atom is 0.281 e. The lowest BCUT2D eigenvalue weighted by atomic mass is 10.1. The van der Waals surface area contributed by atoms with Gasteiger partial charge in [-0.1, -0.05) is 24.3 Å². The quantitative estimate of drug-likeness (QED) is 0.461. The third kappa shape index (κ3) is 3.04. The first kappa shape index (κ1) is 12.0. The number of hydrogen-bond acceptors (Lipinski definition) is 3. The number of aryl methyl sites for hydroxylation is 2. The van der Waals surface area contributed by atoms with Crippen molar-refractivity contribution in [3.8, 4) is 5.75 Å². The van der Waals surface area contributed by atoms with E-state index < -0.39 is 4.92 Å². The molecule has 18 heavy (non-hydrogen) atoms. The highest BCUT2D eigenvalue weighted by molar-refractivity contribution is 5.25. The fraction of sp³-hybridized carbons (Fsp3) is 0.154. The van der Waals surface area contributed by atoms with Gasteiger partial charge < -0.3 is 5.11 Å². The lowest BCUT2D eigenvalue weighted by Crippen LogP contribution is -2.33. The van der Waals surface area contributed by atoms with Gasteiger partial charge in [-0.3, -0.25) is 10.1 Å². The Morgan fingerprint density at radius 1 is 1.06 bits per heavy atom. The summed E-state index contributed by atoms with van der Waals surface area (Å²) in [6.45, 7) is 0.718. The van der Waals surface area contributed by atoms with E-state index in [0.29, 0.717) is 0 Å². The van der Waals surface area contributed by atoms with Gasteiger partial charge in [0.05, 0.1) is 17.1 Å². The monoisotopic (exact) mass is 244 g/mol. The molecule has 5 heteroatoms. The van der Waals surface area contributed by atoms with Crippen molar-refractivity contribution in [2.24, 2.45) is 0 Å². The minimum absolute atomic E-state index is 0.00161. The molecule has 0 aliphatic heterocycles. The van der Waals surface area contributed by atoms with Crippen LogP contribution in [0.3, 0.4) is 0 Å². The Kier molecular flexibility index (Phi) is 3.52. The van der Waals surface area contributed by atoms with Crippen molar-refractivity contribution in [2.45, 2.75) is 13.0 Å². The molecular weight excluding hydrogens is 232 g/mol. The van der Waals surface area contributed by atoms with Gasteiger partial charge in [0.1, 0.15) is 0 Å². The van der Waals surface area contributed by atoms with E-state index in [2.05, 4.69) is 0 Å². The van der Waals surface area contributed by atoms with Crippen molar-refractivity contribution in [2.75, 3.05) is 0 Å². The number of benzene rings is 1. The van der Waals surface area contributed by atoms with Crippen molar-refractivity contribution in [1.82, 2.24) is 0 Å². The summed E-state index contributed by atoms with van der Waals surface area (Å²) in [4.78, 5) is 10.1. The van der Waals surface area contributed by atoms with Crippen LogP contribution in [0.25, 0.3) is 0 Å². The van der Waals surface area contributed by atoms with E-state index in [1.54, 1.807) is 24.5 Å². The molecular formula is C13H12N2O3. The SMILES string of the molecule is O=[N+]([O-])c1cc[n+](CCc2ccc([O-])cc2)cc1. The second kappa shape index (κ2) is 5.27. The van der Waals surface area contributed by atoms with Crippen LogP contribution in [0, 0.1) is 10.1 Å². The smallest absolute Gasteiger partial charge is 0.281 e. The lowest BCUT2D eigenvalue weighted by Gasteiger charge is -2.04. The molecule has 1 aromatic heterocycles. The normalized spacial score (nSPS) is 10.2. The predicted molar refractivity (Wildman–Crippen MR) is 62.9 cm³/mol. The molecule has 0 fully saturated rings. The number of nitro groups is 1. The lowest BCUT2D eigenvalue weighted by molar-refractivity contribution is -0.696. The molecule has 2 rings (SSSR count). The summed E-state index contributed by atoms with van der Waals surface area (Å²) in [5.74, 6) is 0.00161. The maximum absolute atomic E-state index is 10.9. The van der Waals surface area contributed by atoms with Crippen molar-refractivity contribution in [1.29, 1.82) is 0 Å². The highest BCUT2D eigenvalue weighted by Gasteiger charge is 2.08. The fourth-order valence-electron chi connectivity index (χ4n) is 1.63. The molecule has 0 saturated heterocycles. The number of aromatic nitrogens is 1. The molecule has 0 spiro atoms. The minimum Gasteiger partial charge on any atom is -0.872 e. The molecule has 0 atom stereocenters. The van der Waals surface area contributed by atoms with Crippen molar-refractivity contribution in [3.63, 3.8) is 0 Å². The number of pyridine rings is 1. The predicted octanol–water partition coefficient (Wildman–Crippen LogP) is 1.20. The van der Waals surface area contributed by atoms with E-state index >= 15 is 0 Å². The van der Waals surface area contributed by atoms with E-state index in [0.717, 1.165) is 18.5 Å². The fourth-order valence-corrected chi connectivity index (χ4v) is 1.63. The molecule has 2 aromatic rings. The number of nitrogens with zero attached hydrogens (tertiary/aromatic N) is 2. The van der Waals surface area contributed by atoms with Gasteiger partial charge in [-0.25, -0.2) is 4.57 Å². The third-order valence-corrected chi connectivity index (χ3v) is 2.67. The van der Waals surface area contributed by atoms with Gasteiger partial charge in [0, 0.05) is 6.42 Å². The summed E-state index contributed by atoms with van der Waals surface area (Å²) in [6, 6.07) is 9.62. The molecule has 0 bridgehead atoms. The zero-order valence-electron chi connectivity index (χ0n) is 9.65. The molecule has 0 aliphatic carbocycles. The summed E-state index contributed by atoms with van der Waals surface area (Å²) in [7, 11) is 0. The van der Waals surface area contributed by atoms with Crippen molar-refractivity contribution < 1.29 is 14.6 Å². The van der Waals surface area contributed by atoms with E-state index in [9.17, 15) is 15.2 Å². The Hall–Kier alpha value is -2.43. The first-order chi connectivity index (χ1) is 8.65. The second-order valence-electron chi connectivity index (χ2n) is 3.95. The van der Waals surface area contributed by atoms with Gasteiger partial charge in [0.2, 0.25) is 0 Å². The van der Waals surface area contributed by atoms with E-state index in [-0.39, 0.29) is 11.4 Å². The van der Waals surface area contributed by atoms with Crippen LogP contribution in [0.15, 0.2) is 48.8 Å². The molecule has 1 heterocycles.